The van der Waals surface area contributed by atoms with Crippen molar-refractivity contribution in [3.8, 4) is 0 Å². The predicted octanol–water partition coefficient (Wildman–Crippen LogP) is 5.28. The summed E-state index contributed by atoms with van der Waals surface area (Å²) in [5, 5.41) is 8.39. The lowest BCUT2D eigenvalue weighted by molar-refractivity contribution is 0.481. The Morgan fingerprint density at radius 2 is 1.76 bits per heavy atom. The Labute approximate surface area is 126 Å². The molecular weight excluding hydrogens is 254 g/mol. The predicted molar refractivity (Wildman–Crippen MR) is 89.9 cm³/mol. The number of benzene rings is 2. The molecule has 2 unspecified atom stereocenters. The first kappa shape index (κ1) is 13.8. The van der Waals surface area contributed by atoms with Gasteiger partial charge >= 0.3 is 0 Å². The van der Waals surface area contributed by atoms with Crippen LogP contribution >= 0.6 is 0 Å². The zero-order valence-corrected chi connectivity index (χ0v) is 12.4. The Balaban J connectivity index is 1.78. The van der Waals surface area contributed by atoms with E-state index < -0.39 is 0 Å². The van der Waals surface area contributed by atoms with E-state index >= 15 is 0 Å². The second-order valence-electron chi connectivity index (χ2n) is 5.73. The molecule has 1 nitrogen and oxygen atoms in total. The number of rotatable bonds is 5. The van der Waals surface area contributed by atoms with Gasteiger partial charge in [0.25, 0.3) is 0 Å². The van der Waals surface area contributed by atoms with Crippen molar-refractivity contribution >= 4 is 11.8 Å². The van der Waals surface area contributed by atoms with Crippen LogP contribution in [0.15, 0.2) is 60.7 Å². The standard InChI is InChI=1S/C20H21N/c1-2-15(14-20(21)17-9-4-3-5-10-17)19-13-12-16-8-6-7-11-18(16)19/h3-13,15,19,21H,2,14H2,1H3. The van der Waals surface area contributed by atoms with E-state index in [4.69, 9.17) is 5.41 Å². The van der Waals surface area contributed by atoms with Gasteiger partial charge in [0.05, 0.1) is 0 Å². The van der Waals surface area contributed by atoms with E-state index in [0.717, 1.165) is 24.1 Å². The third-order valence-corrected chi connectivity index (χ3v) is 4.46. The molecule has 2 aromatic rings. The minimum atomic E-state index is 0.454. The van der Waals surface area contributed by atoms with Gasteiger partial charge in [-0.25, -0.2) is 0 Å². The molecule has 0 bridgehead atoms. The fourth-order valence-electron chi connectivity index (χ4n) is 3.23. The normalized spacial score (nSPS) is 17.5. The van der Waals surface area contributed by atoms with E-state index in [1.165, 1.54) is 11.1 Å². The van der Waals surface area contributed by atoms with Crippen LogP contribution in [0.1, 0.15) is 42.4 Å². The molecule has 1 N–H and O–H groups in total. The first-order valence-corrected chi connectivity index (χ1v) is 7.69. The highest BCUT2D eigenvalue weighted by Crippen LogP contribution is 2.38. The highest BCUT2D eigenvalue weighted by molar-refractivity contribution is 5.98. The largest absolute Gasteiger partial charge is 0.305 e. The molecule has 0 aromatic heterocycles. The number of fused-ring (bicyclic) bond motifs is 1. The van der Waals surface area contributed by atoms with Gasteiger partial charge < -0.3 is 5.41 Å². The SMILES string of the molecule is CCC(CC(=N)c1ccccc1)C1C=Cc2ccccc21. The highest BCUT2D eigenvalue weighted by Gasteiger charge is 2.25. The van der Waals surface area contributed by atoms with Gasteiger partial charge in [-0.1, -0.05) is 80.1 Å². The topological polar surface area (TPSA) is 23.9 Å². The van der Waals surface area contributed by atoms with Gasteiger partial charge in [0.2, 0.25) is 0 Å². The van der Waals surface area contributed by atoms with Gasteiger partial charge in [-0.2, -0.15) is 0 Å². The van der Waals surface area contributed by atoms with E-state index in [2.05, 4.69) is 43.3 Å². The maximum atomic E-state index is 8.39. The molecule has 2 aromatic carbocycles. The van der Waals surface area contributed by atoms with Crippen LogP contribution in [0.2, 0.25) is 0 Å². The summed E-state index contributed by atoms with van der Waals surface area (Å²) in [5.74, 6) is 0.952. The van der Waals surface area contributed by atoms with E-state index in [1.54, 1.807) is 0 Å². The van der Waals surface area contributed by atoms with Gasteiger partial charge in [0, 0.05) is 11.6 Å². The van der Waals surface area contributed by atoms with Crippen LogP contribution in [0.25, 0.3) is 6.08 Å². The second kappa shape index (κ2) is 6.09. The van der Waals surface area contributed by atoms with Crippen LogP contribution in [0, 0.1) is 11.3 Å². The fraction of sp³-hybridized carbons (Fsp3) is 0.250. The Morgan fingerprint density at radius 1 is 1.05 bits per heavy atom. The molecule has 0 amide bonds. The van der Waals surface area contributed by atoms with E-state index in [9.17, 15) is 0 Å². The van der Waals surface area contributed by atoms with E-state index in [-0.39, 0.29) is 0 Å². The smallest absolute Gasteiger partial charge is 0.0389 e. The zero-order valence-electron chi connectivity index (χ0n) is 12.4. The Morgan fingerprint density at radius 3 is 2.52 bits per heavy atom. The van der Waals surface area contributed by atoms with Crippen molar-refractivity contribution in [1.82, 2.24) is 0 Å². The van der Waals surface area contributed by atoms with Gasteiger partial charge in [-0.3, -0.25) is 0 Å². The molecule has 3 rings (SSSR count). The highest BCUT2D eigenvalue weighted by atomic mass is 14.4. The van der Waals surface area contributed by atoms with Gasteiger partial charge in [-0.15, -0.1) is 0 Å². The Bertz CT molecular complexity index is 655. The maximum Gasteiger partial charge on any atom is 0.0389 e. The molecule has 0 saturated carbocycles. The minimum absolute atomic E-state index is 0.454. The lowest BCUT2D eigenvalue weighted by atomic mass is 9.81. The molecule has 0 spiro atoms. The summed E-state index contributed by atoms with van der Waals surface area (Å²) in [6, 6.07) is 18.7. The lowest BCUT2D eigenvalue weighted by Gasteiger charge is -2.23. The second-order valence-corrected chi connectivity index (χ2v) is 5.73. The van der Waals surface area contributed by atoms with Crippen LogP contribution in [-0.4, -0.2) is 5.71 Å². The van der Waals surface area contributed by atoms with Crippen LogP contribution in [-0.2, 0) is 0 Å². The van der Waals surface area contributed by atoms with Crippen LogP contribution in [0.3, 0.4) is 0 Å². The first-order chi connectivity index (χ1) is 10.3. The van der Waals surface area contributed by atoms with Gasteiger partial charge in [-0.05, 0) is 29.0 Å². The average molecular weight is 275 g/mol. The lowest BCUT2D eigenvalue weighted by Crippen LogP contribution is -2.14. The summed E-state index contributed by atoms with van der Waals surface area (Å²) in [5.41, 5.74) is 4.56. The Hall–Kier alpha value is -2.15. The summed E-state index contributed by atoms with van der Waals surface area (Å²) in [6.07, 6.45) is 6.48. The molecular formula is C20H21N. The van der Waals surface area contributed by atoms with Crippen LogP contribution < -0.4 is 0 Å². The summed E-state index contributed by atoms with van der Waals surface area (Å²) < 4.78 is 0. The molecule has 2 atom stereocenters. The molecule has 21 heavy (non-hydrogen) atoms. The third-order valence-electron chi connectivity index (χ3n) is 4.46. The average Bonchev–Trinajstić information content (AvgIpc) is 2.97. The van der Waals surface area contributed by atoms with Crippen molar-refractivity contribution < 1.29 is 0 Å². The molecule has 0 saturated heterocycles. The van der Waals surface area contributed by atoms with Crippen LogP contribution in [0.5, 0.6) is 0 Å². The van der Waals surface area contributed by atoms with Crippen molar-refractivity contribution in [3.05, 3.63) is 77.4 Å². The van der Waals surface area contributed by atoms with E-state index in [0.29, 0.717) is 11.8 Å². The summed E-state index contributed by atoms with van der Waals surface area (Å²) in [6.45, 7) is 2.23. The van der Waals surface area contributed by atoms with Gasteiger partial charge in [0.15, 0.2) is 0 Å². The van der Waals surface area contributed by atoms with Crippen molar-refractivity contribution in [2.45, 2.75) is 25.7 Å². The number of hydrogen-bond donors (Lipinski definition) is 1. The quantitative estimate of drug-likeness (QED) is 0.718. The number of allylic oxidation sites excluding steroid dienone is 1. The van der Waals surface area contributed by atoms with E-state index in [1.807, 2.05) is 30.3 Å². The summed E-state index contributed by atoms with van der Waals surface area (Å²) >= 11 is 0. The Kier molecular flexibility index (Phi) is 4.01. The number of nitrogens with one attached hydrogen (secondary N) is 1. The van der Waals surface area contributed by atoms with Crippen LogP contribution in [0.4, 0.5) is 0 Å². The summed E-state index contributed by atoms with van der Waals surface area (Å²) in [7, 11) is 0. The molecule has 0 heterocycles. The van der Waals surface area contributed by atoms with Gasteiger partial charge in [0.1, 0.15) is 0 Å². The van der Waals surface area contributed by atoms with Crippen molar-refractivity contribution in [3.63, 3.8) is 0 Å². The zero-order chi connectivity index (χ0) is 14.7. The molecule has 1 aliphatic carbocycles. The molecule has 1 aliphatic rings. The van der Waals surface area contributed by atoms with Crippen molar-refractivity contribution in [2.75, 3.05) is 0 Å². The van der Waals surface area contributed by atoms with Crippen molar-refractivity contribution in [1.29, 1.82) is 5.41 Å². The minimum Gasteiger partial charge on any atom is -0.305 e. The fourth-order valence-corrected chi connectivity index (χ4v) is 3.23. The monoisotopic (exact) mass is 275 g/mol. The molecule has 0 radical (unpaired) electrons. The third kappa shape index (κ3) is 2.82. The first-order valence-electron chi connectivity index (χ1n) is 7.69. The number of hydrogen-bond acceptors (Lipinski definition) is 1. The molecule has 0 fully saturated rings. The molecule has 0 aliphatic heterocycles. The molecule has 1 heteroatoms. The van der Waals surface area contributed by atoms with Crippen molar-refractivity contribution in [2.24, 2.45) is 5.92 Å². The maximum absolute atomic E-state index is 8.39. The summed E-state index contributed by atoms with van der Waals surface area (Å²) in [4.78, 5) is 0. The molecule has 106 valence electrons.